The van der Waals surface area contributed by atoms with Gasteiger partial charge in [-0.1, -0.05) is 15.9 Å². The topological polar surface area (TPSA) is 43.6 Å². The van der Waals surface area contributed by atoms with E-state index in [1.807, 2.05) is 20.8 Å². The van der Waals surface area contributed by atoms with Crippen molar-refractivity contribution in [3.8, 4) is 5.69 Å². The lowest BCUT2D eigenvalue weighted by Gasteiger charge is -2.10. The molecule has 0 spiro atoms. The fourth-order valence-corrected chi connectivity index (χ4v) is 2.36. The van der Waals surface area contributed by atoms with E-state index < -0.39 is 0 Å². The standard InChI is InChI=1S/C10H11BrN4/c1-6-4-9(11)5-7(2)10(6)15-8(3)12-13-14-15/h4-5H,1-3H3. The Balaban J connectivity index is 2.68. The van der Waals surface area contributed by atoms with Crippen LogP contribution in [0, 0.1) is 20.8 Å². The van der Waals surface area contributed by atoms with Gasteiger partial charge in [0.25, 0.3) is 0 Å². The summed E-state index contributed by atoms with van der Waals surface area (Å²) >= 11 is 3.47. The van der Waals surface area contributed by atoms with Gasteiger partial charge in [-0.3, -0.25) is 0 Å². The maximum absolute atomic E-state index is 3.98. The second-order valence-corrected chi connectivity index (χ2v) is 4.44. The predicted octanol–water partition coefficient (Wildman–Crippen LogP) is 2.35. The molecule has 0 radical (unpaired) electrons. The summed E-state index contributed by atoms with van der Waals surface area (Å²) < 4.78 is 2.84. The Labute approximate surface area is 96.4 Å². The summed E-state index contributed by atoms with van der Waals surface area (Å²) in [5.41, 5.74) is 3.36. The van der Waals surface area contributed by atoms with Gasteiger partial charge in [0.15, 0.2) is 5.82 Å². The van der Waals surface area contributed by atoms with Crippen LogP contribution in [0.5, 0.6) is 0 Å². The molecule has 2 rings (SSSR count). The van der Waals surface area contributed by atoms with E-state index in [-0.39, 0.29) is 0 Å². The molecule has 0 fully saturated rings. The van der Waals surface area contributed by atoms with Crippen molar-refractivity contribution >= 4 is 15.9 Å². The number of rotatable bonds is 1. The molecule has 2 aromatic rings. The first-order valence-corrected chi connectivity index (χ1v) is 5.41. The van der Waals surface area contributed by atoms with E-state index in [4.69, 9.17) is 0 Å². The summed E-state index contributed by atoms with van der Waals surface area (Å²) in [4.78, 5) is 0. The number of aromatic nitrogens is 4. The third-order valence-corrected chi connectivity index (χ3v) is 2.75. The second kappa shape index (κ2) is 3.73. The van der Waals surface area contributed by atoms with Crippen LogP contribution in [-0.4, -0.2) is 20.2 Å². The molecule has 0 bridgehead atoms. The van der Waals surface area contributed by atoms with Crippen molar-refractivity contribution in [2.45, 2.75) is 20.8 Å². The van der Waals surface area contributed by atoms with E-state index in [0.29, 0.717) is 0 Å². The van der Waals surface area contributed by atoms with Gasteiger partial charge in [0.05, 0.1) is 5.69 Å². The maximum atomic E-state index is 3.98. The fraction of sp³-hybridized carbons (Fsp3) is 0.300. The molecule has 0 amide bonds. The number of hydrogen-bond donors (Lipinski definition) is 0. The molecule has 1 heterocycles. The first kappa shape index (κ1) is 10.3. The SMILES string of the molecule is Cc1cc(Br)cc(C)c1-n1nnnc1C. The number of halogens is 1. The van der Waals surface area contributed by atoms with Crippen LogP contribution in [0.15, 0.2) is 16.6 Å². The highest BCUT2D eigenvalue weighted by atomic mass is 79.9. The van der Waals surface area contributed by atoms with Crippen molar-refractivity contribution in [1.29, 1.82) is 0 Å². The molecule has 0 unspecified atom stereocenters. The van der Waals surface area contributed by atoms with Crippen LogP contribution in [0.2, 0.25) is 0 Å². The highest BCUT2D eigenvalue weighted by Crippen LogP contribution is 2.23. The second-order valence-electron chi connectivity index (χ2n) is 3.53. The zero-order chi connectivity index (χ0) is 11.0. The normalized spacial score (nSPS) is 10.7. The largest absolute Gasteiger partial charge is 0.197 e. The average Bonchev–Trinajstić information content (AvgIpc) is 2.50. The van der Waals surface area contributed by atoms with E-state index in [9.17, 15) is 0 Å². The van der Waals surface area contributed by atoms with Crippen molar-refractivity contribution in [3.05, 3.63) is 33.6 Å². The van der Waals surface area contributed by atoms with Crippen LogP contribution in [0.1, 0.15) is 17.0 Å². The van der Waals surface area contributed by atoms with E-state index in [1.54, 1.807) is 4.68 Å². The number of tetrazole rings is 1. The molecule has 78 valence electrons. The molecule has 4 nitrogen and oxygen atoms in total. The Hall–Kier alpha value is -1.23. The van der Waals surface area contributed by atoms with Crippen LogP contribution >= 0.6 is 15.9 Å². The number of nitrogens with zero attached hydrogens (tertiary/aromatic N) is 4. The molecule has 1 aromatic heterocycles. The molecule has 0 aliphatic carbocycles. The Morgan fingerprint density at radius 1 is 1.13 bits per heavy atom. The molecule has 1 aromatic carbocycles. The Kier molecular flexibility index (Phi) is 2.56. The zero-order valence-corrected chi connectivity index (χ0v) is 10.4. The van der Waals surface area contributed by atoms with Crippen LogP contribution < -0.4 is 0 Å². The van der Waals surface area contributed by atoms with Gasteiger partial charge >= 0.3 is 0 Å². The van der Waals surface area contributed by atoms with Gasteiger partial charge in [-0.25, -0.2) is 0 Å². The third-order valence-electron chi connectivity index (χ3n) is 2.29. The zero-order valence-electron chi connectivity index (χ0n) is 8.82. The molecular formula is C10H11BrN4. The summed E-state index contributed by atoms with van der Waals surface area (Å²) in [6, 6.07) is 4.12. The van der Waals surface area contributed by atoms with E-state index in [2.05, 4.69) is 43.6 Å². The number of benzene rings is 1. The minimum Gasteiger partial charge on any atom is -0.197 e. The highest BCUT2D eigenvalue weighted by molar-refractivity contribution is 9.10. The molecule has 0 saturated heterocycles. The smallest absolute Gasteiger partial charge is 0.153 e. The van der Waals surface area contributed by atoms with Crippen molar-refractivity contribution in [3.63, 3.8) is 0 Å². The van der Waals surface area contributed by atoms with Crippen molar-refractivity contribution in [2.24, 2.45) is 0 Å². The summed E-state index contributed by atoms with van der Waals surface area (Å²) in [5.74, 6) is 0.795. The van der Waals surface area contributed by atoms with Gasteiger partial charge in [0.2, 0.25) is 0 Å². The monoisotopic (exact) mass is 266 g/mol. The highest BCUT2D eigenvalue weighted by Gasteiger charge is 2.10. The lowest BCUT2D eigenvalue weighted by molar-refractivity contribution is 0.771. The Morgan fingerprint density at radius 3 is 2.20 bits per heavy atom. The van der Waals surface area contributed by atoms with Gasteiger partial charge < -0.3 is 0 Å². The number of aryl methyl sites for hydroxylation is 3. The Bertz CT molecular complexity index is 481. The van der Waals surface area contributed by atoms with Crippen molar-refractivity contribution < 1.29 is 0 Å². The van der Waals surface area contributed by atoms with Gasteiger partial charge in [-0.05, 0) is 54.5 Å². The van der Waals surface area contributed by atoms with E-state index >= 15 is 0 Å². The molecule has 0 atom stereocenters. The van der Waals surface area contributed by atoms with E-state index in [0.717, 1.165) is 27.1 Å². The minimum atomic E-state index is 0.795. The van der Waals surface area contributed by atoms with Crippen LogP contribution in [0.25, 0.3) is 5.69 Å². The van der Waals surface area contributed by atoms with E-state index in [1.165, 1.54) is 0 Å². The molecule has 5 heteroatoms. The summed E-state index contributed by atoms with van der Waals surface area (Å²) in [7, 11) is 0. The summed E-state index contributed by atoms with van der Waals surface area (Å²) in [6.45, 7) is 5.99. The predicted molar refractivity (Wildman–Crippen MR) is 61.1 cm³/mol. The van der Waals surface area contributed by atoms with Crippen LogP contribution in [-0.2, 0) is 0 Å². The molecule has 0 aliphatic rings. The van der Waals surface area contributed by atoms with Gasteiger partial charge in [0.1, 0.15) is 0 Å². The lowest BCUT2D eigenvalue weighted by atomic mass is 10.1. The maximum Gasteiger partial charge on any atom is 0.153 e. The van der Waals surface area contributed by atoms with Crippen LogP contribution in [0.4, 0.5) is 0 Å². The third kappa shape index (κ3) is 1.79. The number of hydrogen-bond acceptors (Lipinski definition) is 3. The minimum absolute atomic E-state index is 0.795. The van der Waals surface area contributed by atoms with Crippen LogP contribution in [0.3, 0.4) is 0 Å². The fourth-order valence-electron chi connectivity index (χ4n) is 1.68. The van der Waals surface area contributed by atoms with Gasteiger partial charge in [-0.2, -0.15) is 4.68 Å². The van der Waals surface area contributed by atoms with Gasteiger partial charge in [-0.15, -0.1) is 5.10 Å². The Morgan fingerprint density at radius 2 is 1.73 bits per heavy atom. The molecule has 0 saturated carbocycles. The lowest BCUT2D eigenvalue weighted by Crippen LogP contribution is -2.04. The summed E-state index contributed by atoms with van der Waals surface area (Å²) in [6.07, 6.45) is 0. The van der Waals surface area contributed by atoms with Gasteiger partial charge in [0, 0.05) is 4.47 Å². The molecule has 0 aliphatic heterocycles. The molecule has 0 N–H and O–H groups in total. The van der Waals surface area contributed by atoms with Crippen molar-refractivity contribution in [1.82, 2.24) is 20.2 Å². The first-order valence-electron chi connectivity index (χ1n) is 4.61. The van der Waals surface area contributed by atoms with Crippen molar-refractivity contribution in [2.75, 3.05) is 0 Å². The average molecular weight is 267 g/mol. The first-order chi connectivity index (χ1) is 7.09. The molecular weight excluding hydrogens is 256 g/mol. The summed E-state index contributed by atoms with van der Waals surface area (Å²) in [5, 5.41) is 11.5. The quantitative estimate of drug-likeness (QED) is 0.796. The molecule has 15 heavy (non-hydrogen) atoms.